The minimum atomic E-state index is -0.643. The van der Waals surface area contributed by atoms with E-state index in [9.17, 15) is 14.0 Å². The number of primary amides is 1. The van der Waals surface area contributed by atoms with Crippen molar-refractivity contribution in [2.24, 2.45) is 5.73 Å². The number of piperazine rings is 1. The van der Waals surface area contributed by atoms with E-state index in [1.54, 1.807) is 6.07 Å². The van der Waals surface area contributed by atoms with Crippen molar-refractivity contribution < 1.29 is 14.0 Å². The Morgan fingerprint density at radius 1 is 0.935 bits per heavy atom. The SMILES string of the molecule is NC(=O)c1cc(F)ccc1N1CCN(C(=O)CCCc2ccc3c(c2)CCCC3)CC1. The van der Waals surface area contributed by atoms with Gasteiger partial charge in [-0.15, -0.1) is 0 Å². The predicted molar refractivity (Wildman–Crippen MR) is 120 cm³/mol. The first-order valence-electron chi connectivity index (χ1n) is 11.2. The van der Waals surface area contributed by atoms with Crippen LogP contribution in [-0.4, -0.2) is 42.9 Å². The quantitative estimate of drug-likeness (QED) is 0.774. The standard InChI is InChI=1S/C25H30FN3O2/c26-21-10-11-23(22(17-21)25(27)31)28-12-14-29(15-13-28)24(30)7-3-4-18-8-9-19-5-1-2-6-20(19)16-18/h8-11,16-17H,1-7,12-15H2,(H2,27,31). The fourth-order valence-electron chi connectivity index (χ4n) is 4.72. The minimum Gasteiger partial charge on any atom is -0.367 e. The summed E-state index contributed by atoms with van der Waals surface area (Å²) in [5.74, 6) is -0.952. The van der Waals surface area contributed by atoms with E-state index < -0.39 is 11.7 Å². The molecule has 2 amide bonds. The van der Waals surface area contributed by atoms with Gasteiger partial charge >= 0.3 is 0 Å². The third kappa shape index (κ3) is 5.06. The van der Waals surface area contributed by atoms with Crippen molar-refractivity contribution in [2.45, 2.75) is 44.9 Å². The molecule has 0 bridgehead atoms. The van der Waals surface area contributed by atoms with Gasteiger partial charge in [0.25, 0.3) is 5.91 Å². The molecule has 4 rings (SSSR count). The number of hydrogen-bond acceptors (Lipinski definition) is 3. The van der Waals surface area contributed by atoms with Crippen molar-refractivity contribution in [1.29, 1.82) is 0 Å². The van der Waals surface area contributed by atoms with Crippen LogP contribution < -0.4 is 10.6 Å². The van der Waals surface area contributed by atoms with Gasteiger partial charge in [0.05, 0.1) is 5.56 Å². The summed E-state index contributed by atoms with van der Waals surface area (Å²) in [6, 6.07) is 10.9. The Bertz CT molecular complexity index is 967. The van der Waals surface area contributed by atoms with E-state index in [1.807, 2.05) is 9.80 Å². The average Bonchev–Trinajstić information content (AvgIpc) is 2.79. The summed E-state index contributed by atoms with van der Waals surface area (Å²) in [6.45, 7) is 2.38. The molecule has 2 N–H and O–H groups in total. The topological polar surface area (TPSA) is 66.6 Å². The van der Waals surface area contributed by atoms with Gasteiger partial charge in [0, 0.05) is 38.3 Å². The van der Waals surface area contributed by atoms with Gasteiger partial charge in [-0.2, -0.15) is 0 Å². The predicted octanol–water partition coefficient (Wildman–Crippen LogP) is 3.47. The van der Waals surface area contributed by atoms with Crippen molar-refractivity contribution in [3.63, 3.8) is 0 Å². The summed E-state index contributed by atoms with van der Waals surface area (Å²) < 4.78 is 13.5. The number of hydrogen-bond donors (Lipinski definition) is 1. The Morgan fingerprint density at radius 2 is 1.68 bits per heavy atom. The zero-order valence-electron chi connectivity index (χ0n) is 17.9. The normalized spacial score (nSPS) is 16.2. The van der Waals surface area contributed by atoms with Crippen LogP contribution in [0.3, 0.4) is 0 Å². The molecule has 0 unspecified atom stereocenters. The number of carbonyl (C=O) groups is 2. The maximum absolute atomic E-state index is 13.5. The monoisotopic (exact) mass is 423 g/mol. The Kier molecular flexibility index (Phi) is 6.54. The fourth-order valence-corrected chi connectivity index (χ4v) is 4.72. The summed E-state index contributed by atoms with van der Waals surface area (Å²) in [4.78, 5) is 28.2. The smallest absolute Gasteiger partial charge is 0.250 e. The van der Waals surface area contributed by atoms with E-state index >= 15 is 0 Å². The Morgan fingerprint density at radius 3 is 2.42 bits per heavy atom. The molecule has 0 atom stereocenters. The molecule has 2 aliphatic rings. The van der Waals surface area contributed by atoms with Crippen LogP contribution in [0.4, 0.5) is 10.1 Å². The van der Waals surface area contributed by atoms with Crippen LogP contribution in [0, 0.1) is 5.82 Å². The lowest BCUT2D eigenvalue weighted by Gasteiger charge is -2.36. The molecule has 5 nitrogen and oxygen atoms in total. The molecule has 0 saturated carbocycles. The van der Waals surface area contributed by atoms with Gasteiger partial charge in [-0.25, -0.2) is 4.39 Å². The maximum atomic E-state index is 13.5. The number of amides is 2. The third-order valence-corrected chi connectivity index (χ3v) is 6.47. The highest BCUT2D eigenvalue weighted by molar-refractivity contribution is 5.98. The highest BCUT2D eigenvalue weighted by Gasteiger charge is 2.23. The summed E-state index contributed by atoms with van der Waals surface area (Å²) >= 11 is 0. The first-order chi connectivity index (χ1) is 15.0. The first-order valence-corrected chi connectivity index (χ1v) is 11.2. The van der Waals surface area contributed by atoms with Crippen molar-refractivity contribution in [3.8, 4) is 0 Å². The number of rotatable bonds is 6. The number of anilines is 1. The molecule has 2 aromatic rings. The second kappa shape index (κ2) is 9.50. The number of aryl methyl sites for hydroxylation is 3. The first kappa shape index (κ1) is 21.3. The maximum Gasteiger partial charge on any atom is 0.250 e. The van der Waals surface area contributed by atoms with E-state index in [1.165, 1.54) is 54.5 Å². The van der Waals surface area contributed by atoms with Gasteiger partial charge in [0.2, 0.25) is 5.91 Å². The Hall–Kier alpha value is -2.89. The Labute approximate surface area is 183 Å². The number of nitrogens with two attached hydrogens (primary N) is 1. The van der Waals surface area contributed by atoms with E-state index in [-0.39, 0.29) is 11.5 Å². The lowest BCUT2D eigenvalue weighted by molar-refractivity contribution is -0.131. The van der Waals surface area contributed by atoms with Gasteiger partial charge in [-0.1, -0.05) is 18.2 Å². The molecule has 31 heavy (non-hydrogen) atoms. The lowest BCUT2D eigenvalue weighted by atomic mass is 9.89. The van der Waals surface area contributed by atoms with Crippen LogP contribution >= 0.6 is 0 Å². The van der Waals surface area contributed by atoms with Crippen LogP contribution in [0.2, 0.25) is 0 Å². The summed E-state index contributed by atoms with van der Waals surface area (Å²) in [7, 11) is 0. The number of benzene rings is 2. The zero-order chi connectivity index (χ0) is 21.8. The van der Waals surface area contributed by atoms with Gasteiger partial charge in [0.15, 0.2) is 0 Å². The molecule has 2 aromatic carbocycles. The average molecular weight is 424 g/mol. The minimum absolute atomic E-state index is 0.173. The van der Waals surface area contributed by atoms with Gasteiger partial charge < -0.3 is 15.5 Å². The molecule has 1 heterocycles. The van der Waals surface area contributed by atoms with Crippen molar-refractivity contribution in [1.82, 2.24) is 4.90 Å². The molecule has 0 spiro atoms. The van der Waals surface area contributed by atoms with Crippen molar-refractivity contribution >= 4 is 17.5 Å². The van der Waals surface area contributed by atoms with E-state index in [0.29, 0.717) is 38.3 Å². The Balaban J connectivity index is 1.27. The molecular weight excluding hydrogens is 393 g/mol. The zero-order valence-corrected chi connectivity index (χ0v) is 17.9. The second-order valence-electron chi connectivity index (χ2n) is 8.56. The molecule has 1 aliphatic carbocycles. The number of nitrogens with zero attached hydrogens (tertiary/aromatic N) is 2. The molecule has 0 radical (unpaired) electrons. The number of fused-ring (bicyclic) bond motifs is 1. The van der Waals surface area contributed by atoms with E-state index in [4.69, 9.17) is 5.73 Å². The number of halogens is 1. The fraction of sp³-hybridized carbons (Fsp3) is 0.440. The molecular formula is C25H30FN3O2. The third-order valence-electron chi connectivity index (χ3n) is 6.47. The largest absolute Gasteiger partial charge is 0.367 e. The van der Waals surface area contributed by atoms with Gasteiger partial charge in [0.1, 0.15) is 5.82 Å². The van der Waals surface area contributed by atoms with Crippen molar-refractivity contribution in [3.05, 3.63) is 64.5 Å². The second-order valence-corrected chi connectivity index (χ2v) is 8.56. The highest BCUT2D eigenvalue weighted by atomic mass is 19.1. The summed E-state index contributed by atoms with van der Waals surface area (Å²) in [5, 5.41) is 0. The highest BCUT2D eigenvalue weighted by Crippen LogP contribution is 2.24. The summed E-state index contributed by atoms with van der Waals surface area (Å²) in [5.41, 5.74) is 10.5. The van der Waals surface area contributed by atoms with Crippen LogP contribution in [0.5, 0.6) is 0 Å². The van der Waals surface area contributed by atoms with E-state index in [2.05, 4.69) is 18.2 Å². The van der Waals surface area contributed by atoms with Crippen LogP contribution in [0.15, 0.2) is 36.4 Å². The number of carbonyl (C=O) groups excluding carboxylic acids is 2. The van der Waals surface area contributed by atoms with Crippen LogP contribution in [0.25, 0.3) is 0 Å². The van der Waals surface area contributed by atoms with Crippen LogP contribution in [-0.2, 0) is 24.1 Å². The molecule has 1 fully saturated rings. The van der Waals surface area contributed by atoms with Crippen LogP contribution in [0.1, 0.15) is 52.7 Å². The van der Waals surface area contributed by atoms with Crippen molar-refractivity contribution in [2.75, 3.05) is 31.1 Å². The van der Waals surface area contributed by atoms with E-state index in [0.717, 1.165) is 12.8 Å². The lowest BCUT2D eigenvalue weighted by Crippen LogP contribution is -2.49. The summed E-state index contributed by atoms with van der Waals surface area (Å²) in [6.07, 6.45) is 7.26. The molecule has 6 heteroatoms. The van der Waals surface area contributed by atoms with Gasteiger partial charge in [-0.3, -0.25) is 9.59 Å². The molecule has 0 aromatic heterocycles. The molecule has 1 aliphatic heterocycles. The molecule has 1 saturated heterocycles. The van der Waals surface area contributed by atoms with Gasteiger partial charge in [-0.05, 0) is 73.4 Å². The molecule has 164 valence electrons.